The first-order chi connectivity index (χ1) is 9.69. The molecule has 4 nitrogen and oxygen atoms in total. The van der Waals surface area contributed by atoms with Gasteiger partial charge < -0.3 is 11.1 Å². The Bertz CT molecular complexity index is 655. The molecule has 0 atom stereocenters. The Hall–Kier alpha value is -2.23. The molecule has 102 valence electrons. The van der Waals surface area contributed by atoms with E-state index in [1.165, 1.54) is 23.5 Å². The number of nitrogens with zero attached hydrogens (tertiary/aromatic N) is 1. The number of nitrogens with one attached hydrogen (secondary N) is 1. The van der Waals surface area contributed by atoms with Gasteiger partial charge in [-0.3, -0.25) is 4.79 Å². The summed E-state index contributed by atoms with van der Waals surface area (Å²) in [5.74, 6) is 4.89. The number of aromatic nitrogens is 1. The highest BCUT2D eigenvalue weighted by Gasteiger charge is 2.07. The molecule has 0 saturated heterocycles. The lowest BCUT2D eigenvalue weighted by Crippen LogP contribution is -2.23. The van der Waals surface area contributed by atoms with E-state index in [0.717, 1.165) is 16.0 Å². The topological polar surface area (TPSA) is 68.0 Å². The maximum absolute atomic E-state index is 12.7. The Morgan fingerprint density at radius 3 is 2.95 bits per heavy atom. The summed E-state index contributed by atoms with van der Waals surface area (Å²) >= 11 is 1.49. The zero-order valence-corrected chi connectivity index (χ0v) is 11.3. The van der Waals surface area contributed by atoms with Crippen molar-refractivity contribution < 1.29 is 9.18 Å². The van der Waals surface area contributed by atoms with Crippen LogP contribution in [0.4, 0.5) is 4.39 Å². The molecule has 3 N–H and O–H groups in total. The predicted molar refractivity (Wildman–Crippen MR) is 75.6 cm³/mol. The van der Waals surface area contributed by atoms with Crippen molar-refractivity contribution in [2.75, 3.05) is 6.54 Å². The number of hydrogen-bond donors (Lipinski definition) is 2. The van der Waals surface area contributed by atoms with Gasteiger partial charge in [-0.2, -0.15) is 0 Å². The van der Waals surface area contributed by atoms with Gasteiger partial charge in [0.25, 0.3) is 5.91 Å². The first-order valence-corrected chi connectivity index (χ1v) is 6.68. The van der Waals surface area contributed by atoms with Crippen molar-refractivity contribution in [3.8, 4) is 11.8 Å². The van der Waals surface area contributed by atoms with Gasteiger partial charge in [0.15, 0.2) is 0 Å². The largest absolute Gasteiger partial charge is 0.346 e. The molecule has 0 fully saturated rings. The van der Waals surface area contributed by atoms with Gasteiger partial charge in [0.1, 0.15) is 11.5 Å². The average molecular weight is 289 g/mol. The minimum Gasteiger partial charge on any atom is -0.346 e. The third kappa shape index (κ3) is 3.88. The van der Waals surface area contributed by atoms with Crippen LogP contribution in [0, 0.1) is 17.7 Å². The SMILES string of the molecule is NCC#Cc1ccc(CNC(=O)c2ccc(F)cn2)s1. The van der Waals surface area contributed by atoms with Crippen molar-refractivity contribution in [2.24, 2.45) is 5.73 Å². The van der Waals surface area contributed by atoms with E-state index < -0.39 is 5.82 Å². The van der Waals surface area contributed by atoms with Crippen LogP contribution < -0.4 is 11.1 Å². The molecule has 0 bridgehead atoms. The summed E-state index contributed by atoms with van der Waals surface area (Å²) in [6, 6.07) is 6.32. The van der Waals surface area contributed by atoms with Gasteiger partial charge >= 0.3 is 0 Å². The van der Waals surface area contributed by atoms with Crippen LogP contribution in [0.5, 0.6) is 0 Å². The van der Waals surface area contributed by atoms with Crippen LogP contribution in [0.15, 0.2) is 30.5 Å². The van der Waals surface area contributed by atoms with Crippen molar-refractivity contribution in [3.05, 3.63) is 51.7 Å². The summed E-state index contributed by atoms with van der Waals surface area (Å²) in [4.78, 5) is 17.4. The first kappa shape index (κ1) is 14.2. The molecule has 2 heterocycles. The molecule has 0 aromatic carbocycles. The number of rotatable bonds is 3. The number of hydrogen-bond acceptors (Lipinski definition) is 4. The molecule has 1 amide bonds. The third-order valence-corrected chi connectivity index (χ3v) is 3.36. The van der Waals surface area contributed by atoms with Crippen molar-refractivity contribution in [1.29, 1.82) is 0 Å². The summed E-state index contributed by atoms with van der Waals surface area (Å²) in [6.07, 6.45) is 1.01. The quantitative estimate of drug-likeness (QED) is 0.842. The Morgan fingerprint density at radius 1 is 1.40 bits per heavy atom. The van der Waals surface area contributed by atoms with Crippen molar-refractivity contribution in [3.63, 3.8) is 0 Å². The van der Waals surface area contributed by atoms with E-state index in [1.54, 1.807) is 0 Å². The summed E-state index contributed by atoms with van der Waals surface area (Å²) in [7, 11) is 0. The zero-order chi connectivity index (χ0) is 14.4. The highest BCUT2D eigenvalue weighted by atomic mass is 32.1. The molecule has 0 unspecified atom stereocenters. The first-order valence-electron chi connectivity index (χ1n) is 5.86. The normalized spacial score (nSPS) is 9.70. The number of halogens is 1. The zero-order valence-electron chi connectivity index (χ0n) is 10.5. The van der Waals surface area contributed by atoms with Crippen LogP contribution in [0.1, 0.15) is 20.2 Å². The van der Waals surface area contributed by atoms with Crippen molar-refractivity contribution in [1.82, 2.24) is 10.3 Å². The van der Waals surface area contributed by atoms with Crippen molar-refractivity contribution in [2.45, 2.75) is 6.54 Å². The van der Waals surface area contributed by atoms with Gasteiger partial charge in [-0.1, -0.05) is 11.8 Å². The van der Waals surface area contributed by atoms with Crippen LogP contribution >= 0.6 is 11.3 Å². The van der Waals surface area contributed by atoms with Crippen LogP contribution in [-0.2, 0) is 6.54 Å². The van der Waals surface area contributed by atoms with E-state index in [-0.39, 0.29) is 11.6 Å². The van der Waals surface area contributed by atoms with Gasteiger partial charge in [-0.15, -0.1) is 11.3 Å². The summed E-state index contributed by atoms with van der Waals surface area (Å²) in [5, 5.41) is 2.72. The number of amides is 1. The molecule has 20 heavy (non-hydrogen) atoms. The van der Waals surface area contributed by atoms with E-state index in [9.17, 15) is 9.18 Å². The predicted octanol–water partition coefficient (Wildman–Crippen LogP) is 1.52. The standard InChI is InChI=1S/C14H12FN3OS/c15-10-3-6-13(17-8-10)14(19)18-9-12-5-4-11(20-12)2-1-7-16/h3-6,8H,7,9,16H2,(H,18,19). The number of thiophene rings is 1. The van der Waals surface area contributed by atoms with Crippen LogP contribution in [-0.4, -0.2) is 17.4 Å². The molecule has 2 aromatic heterocycles. The highest BCUT2D eigenvalue weighted by Crippen LogP contribution is 2.15. The molecule has 6 heteroatoms. The second kappa shape index (κ2) is 6.80. The van der Waals surface area contributed by atoms with Gasteiger partial charge in [0, 0.05) is 4.88 Å². The fraction of sp³-hybridized carbons (Fsp3) is 0.143. The van der Waals surface area contributed by atoms with Crippen LogP contribution in [0.3, 0.4) is 0 Å². The number of nitrogens with two attached hydrogens (primary N) is 1. The highest BCUT2D eigenvalue weighted by molar-refractivity contribution is 7.12. The second-order valence-corrected chi connectivity index (χ2v) is 4.98. The maximum Gasteiger partial charge on any atom is 0.270 e. The van der Waals surface area contributed by atoms with E-state index in [2.05, 4.69) is 22.1 Å². The van der Waals surface area contributed by atoms with Gasteiger partial charge in [0.2, 0.25) is 0 Å². The minimum atomic E-state index is -0.470. The fourth-order valence-electron chi connectivity index (χ4n) is 1.45. The van der Waals surface area contributed by atoms with Crippen molar-refractivity contribution >= 4 is 17.2 Å². The number of pyridine rings is 1. The summed E-state index contributed by atoms with van der Waals surface area (Å²) in [6.45, 7) is 0.701. The van der Waals surface area contributed by atoms with Gasteiger partial charge in [-0.25, -0.2) is 9.37 Å². The van der Waals surface area contributed by atoms with Crippen LogP contribution in [0.2, 0.25) is 0 Å². The van der Waals surface area contributed by atoms with Crippen LogP contribution in [0.25, 0.3) is 0 Å². The number of carbonyl (C=O) groups excluding carboxylic acids is 1. The molecule has 0 saturated carbocycles. The smallest absolute Gasteiger partial charge is 0.270 e. The molecule has 2 rings (SSSR count). The monoisotopic (exact) mass is 289 g/mol. The number of carbonyl (C=O) groups is 1. The lowest BCUT2D eigenvalue weighted by atomic mass is 10.3. The summed E-state index contributed by atoms with van der Waals surface area (Å²) in [5.41, 5.74) is 5.48. The van der Waals surface area contributed by atoms with Gasteiger partial charge in [0.05, 0.1) is 24.2 Å². The molecule has 0 aliphatic carbocycles. The summed E-state index contributed by atoms with van der Waals surface area (Å²) < 4.78 is 12.7. The molecular weight excluding hydrogens is 277 g/mol. The Kier molecular flexibility index (Phi) is 4.82. The third-order valence-electron chi connectivity index (χ3n) is 2.36. The van der Waals surface area contributed by atoms with E-state index in [1.807, 2.05) is 12.1 Å². The van der Waals surface area contributed by atoms with E-state index >= 15 is 0 Å². The minimum absolute atomic E-state index is 0.186. The Morgan fingerprint density at radius 2 is 2.25 bits per heavy atom. The molecule has 0 aliphatic heterocycles. The lowest BCUT2D eigenvalue weighted by molar-refractivity contribution is 0.0946. The van der Waals surface area contributed by atoms with E-state index in [4.69, 9.17) is 5.73 Å². The average Bonchev–Trinajstić information content (AvgIpc) is 2.91. The second-order valence-electron chi connectivity index (χ2n) is 3.82. The Balaban J connectivity index is 1.93. The molecule has 2 aromatic rings. The van der Waals surface area contributed by atoms with E-state index in [0.29, 0.717) is 13.1 Å². The molecule has 0 radical (unpaired) electrons. The lowest BCUT2D eigenvalue weighted by Gasteiger charge is -2.02. The Labute approximate surface area is 119 Å². The molecule has 0 spiro atoms. The molecule has 0 aliphatic rings. The van der Waals surface area contributed by atoms with Gasteiger partial charge in [-0.05, 0) is 24.3 Å². The molecular formula is C14H12FN3OS. The fourth-order valence-corrected chi connectivity index (χ4v) is 2.27. The maximum atomic E-state index is 12.7.